The highest BCUT2D eigenvalue weighted by atomic mass is 32.1. The molecule has 19 heavy (non-hydrogen) atoms. The van der Waals surface area contributed by atoms with Crippen molar-refractivity contribution in [2.75, 3.05) is 6.54 Å². The number of hydrogen-bond donors (Lipinski definition) is 1. The molecule has 1 atom stereocenters. The quantitative estimate of drug-likeness (QED) is 0.876. The van der Waals surface area contributed by atoms with Crippen LogP contribution in [0.3, 0.4) is 0 Å². The lowest BCUT2D eigenvalue weighted by Crippen LogP contribution is -2.29. The molecule has 0 radical (unpaired) electrons. The summed E-state index contributed by atoms with van der Waals surface area (Å²) in [6, 6.07) is 6.52. The van der Waals surface area contributed by atoms with E-state index in [1.165, 1.54) is 20.2 Å². The van der Waals surface area contributed by atoms with Gasteiger partial charge >= 0.3 is 0 Å². The Bertz CT molecular complexity index is 516. The Morgan fingerprint density at radius 3 is 2.53 bits per heavy atom. The maximum atomic E-state index is 9.67. The van der Waals surface area contributed by atoms with Gasteiger partial charge in [-0.1, -0.05) is 0 Å². The summed E-state index contributed by atoms with van der Waals surface area (Å²) in [5.41, 5.74) is 1.35. The van der Waals surface area contributed by atoms with E-state index in [-0.39, 0.29) is 6.10 Å². The van der Waals surface area contributed by atoms with Crippen molar-refractivity contribution >= 4 is 22.7 Å². The van der Waals surface area contributed by atoms with E-state index in [9.17, 15) is 5.11 Å². The van der Waals surface area contributed by atoms with E-state index in [4.69, 9.17) is 0 Å². The zero-order valence-corrected chi connectivity index (χ0v) is 13.4. The number of aliphatic hydroxyl groups is 1. The molecule has 0 spiro atoms. The van der Waals surface area contributed by atoms with Crippen molar-refractivity contribution in [2.45, 2.75) is 40.0 Å². The Balaban J connectivity index is 2.05. The Morgan fingerprint density at radius 1 is 1.21 bits per heavy atom. The fourth-order valence-corrected chi connectivity index (χ4v) is 4.00. The lowest BCUT2D eigenvalue weighted by molar-refractivity contribution is 0.119. The molecule has 0 saturated heterocycles. The lowest BCUT2D eigenvalue weighted by Gasteiger charge is -2.23. The van der Waals surface area contributed by atoms with Gasteiger partial charge in [0, 0.05) is 34.3 Å². The zero-order chi connectivity index (χ0) is 13.8. The summed E-state index contributed by atoms with van der Waals surface area (Å²) in [6.07, 6.45) is -0.290. The van der Waals surface area contributed by atoms with Crippen LogP contribution in [0.25, 0.3) is 0 Å². The molecule has 104 valence electrons. The van der Waals surface area contributed by atoms with Gasteiger partial charge in [0.2, 0.25) is 0 Å². The lowest BCUT2D eigenvalue weighted by atomic mass is 10.2. The summed E-state index contributed by atoms with van der Waals surface area (Å²) < 4.78 is 0. The van der Waals surface area contributed by atoms with Gasteiger partial charge in [0.1, 0.15) is 0 Å². The van der Waals surface area contributed by atoms with Crippen molar-refractivity contribution in [1.82, 2.24) is 4.90 Å². The monoisotopic (exact) mass is 295 g/mol. The molecule has 0 bridgehead atoms. The van der Waals surface area contributed by atoms with Crippen molar-refractivity contribution in [2.24, 2.45) is 0 Å². The molecule has 0 amide bonds. The fraction of sp³-hybridized carbons (Fsp3) is 0.467. The third-order valence-electron chi connectivity index (χ3n) is 3.03. The fourth-order valence-electron chi connectivity index (χ4n) is 2.12. The van der Waals surface area contributed by atoms with Crippen LogP contribution in [-0.2, 0) is 13.1 Å². The van der Waals surface area contributed by atoms with Gasteiger partial charge in [0.05, 0.1) is 6.10 Å². The highest BCUT2D eigenvalue weighted by Crippen LogP contribution is 2.22. The smallest absolute Gasteiger partial charge is 0.0639 e. The van der Waals surface area contributed by atoms with Crippen molar-refractivity contribution in [3.05, 3.63) is 43.8 Å². The molecule has 4 heteroatoms. The third kappa shape index (κ3) is 4.42. The van der Waals surface area contributed by atoms with Crippen LogP contribution < -0.4 is 0 Å². The van der Waals surface area contributed by atoms with Gasteiger partial charge < -0.3 is 5.11 Å². The van der Waals surface area contributed by atoms with E-state index < -0.39 is 0 Å². The standard InChI is InChI=1S/C15H21NOS2/c1-11-6-7-18-15(11)10-16(8-12(2)17)9-14-5-4-13(3)19-14/h4-7,12,17H,8-10H2,1-3H3/t12-/m0/s1. The molecule has 0 aromatic carbocycles. The average Bonchev–Trinajstić information content (AvgIpc) is 2.88. The maximum Gasteiger partial charge on any atom is 0.0639 e. The zero-order valence-electron chi connectivity index (χ0n) is 11.7. The SMILES string of the molecule is Cc1ccc(CN(Cc2sccc2C)C[C@H](C)O)s1. The Morgan fingerprint density at radius 2 is 2.00 bits per heavy atom. The second kappa shape index (κ2) is 6.66. The molecule has 0 saturated carbocycles. The van der Waals surface area contributed by atoms with Crippen LogP contribution in [0.5, 0.6) is 0 Å². The second-order valence-corrected chi connectivity index (χ2v) is 7.43. The molecule has 0 unspecified atom stereocenters. The predicted molar refractivity (Wildman–Crippen MR) is 83.9 cm³/mol. The van der Waals surface area contributed by atoms with Crippen molar-refractivity contribution in [3.8, 4) is 0 Å². The topological polar surface area (TPSA) is 23.5 Å². The first kappa shape index (κ1) is 14.7. The molecule has 0 aliphatic heterocycles. The largest absolute Gasteiger partial charge is 0.392 e. The summed E-state index contributed by atoms with van der Waals surface area (Å²) in [5.74, 6) is 0. The van der Waals surface area contributed by atoms with Gasteiger partial charge in [-0.15, -0.1) is 22.7 Å². The van der Waals surface area contributed by atoms with Gasteiger partial charge in [-0.2, -0.15) is 0 Å². The number of thiophene rings is 2. The predicted octanol–water partition coefficient (Wildman–Crippen LogP) is 3.81. The van der Waals surface area contributed by atoms with E-state index in [1.54, 1.807) is 11.3 Å². The van der Waals surface area contributed by atoms with Gasteiger partial charge in [-0.05, 0) is 49.9 Å². The van der Waals surface area contributed by atoms with Crippen LogP contribution in [0.15, 0.2) is 23.6 Å². The number of hydrogen-bond acceptors (Lipinski definition) is 4. The molecule has 2 aromatic heterocycles. The molecule has 2 heterocycles. The van der Waals surface area contributed by atoms with Crippen LogP contribution in [0.1, 0.15) is 27.1 Å². The van der Waals surface area contributed by atoms with E-state index in [0.717, 1.165) is 13.1 Å². The summed E-state index contributed by atoms with van der Waals surface area (Å²) in [6.45, 7) is 8.70. The number of aryl methyl sites for hydroxylation is 2. The highest BCUT2D eigenvalue weighted by molar-refractivity contribution is 7.11. The van der Waals surface area contributed by atoms with E-state index in [2.05, 4.69) is 42.3 Å². The van der Waals surface area contributed by atoms with Gasteiger partial charge in [-0.25, -0.2) is 0 Å². The van der Waals surface area contributed by atoms with Crippen LogP contribution in [0.4, 0.5) is 0 Å². The van der Waals surface area contributed by atoms with E-state index in [1.807, 2.05) is 18.3 Å². The first-order valence-electron chi connectivity index (χ1n) is 6.53. The third-order valence-corrected chi connectivity index (χ3v) is 5.03. The number of nitrogens with zero attached hydrogens (tertiary/aromatic N) is 1. The molecular formula is C15H21NOS2. The molecule has 2 aromatic rings. The molecule has 0 aliphatic rings. The summed E-state index contributed by atoms with van der Waals surface area (Å²) in [7, 11) is 0. The number of rotatable bonds is 6. The Kier molecular flexibility index (Phi) is 5.16. The van der Waals surface area contributed by atoms with Crippen LogP contribution in [0, 0.1) is 13.8 Å². The summed E-state index contributed by atoms with van der Waals surface area (Å²) in [5, 5.41) is 11.8. The van der Waals surface area contributed by atoms with Crippen molar-refractivity contribution in [3.63, 3.8) is 0 Å². The highest BCUT2D eigenvalue weighted by Gasteiger charge is 2.13. The van der Waals surface area contributed by atoms with Crippen LogP contribution >= 0.6 is 22.7 Å². The van der Waals surface area contributed by atoms with E-state index in [0.29, 0.717) is 6.54 Å². The second-order valence-electron chi connectivity index (χ2n) is 5.06. The van der Waals surface area contributed by atoms with Crippen molar-refractivity contribution in [1.29, 1.82) is 0 Å². The summed E-state index contributed by atoms with van der Waals surface area (Å²) >= 11 is 3.64. The summed E-state index contributed by atoms with van der Waals surface area (Å²) in [4.78, 5) is 6.44. The van der Waals surface area contributed by atoms with Gasteiger partial charge in [-0.3, -0.25) is 4.90 Å². The van der Waals surface area contributed by atoms with E-state index >= 15 is 0 Å². The minimum Gasteiger partial charge on any atom is -0.392 e. The molecule has 2 rings (SSSR count). The molecule has 2 nitrogen and oxygen atoms in total. The minimum absolute atomic E-state index is 0.290. The van der Waals surface area contributed by atoms with Crippen molar-refractivity contribution < 1.29 is 5.11 Å². The molecule has 0 aliphatic carbocycles. The number of aliphatic hydroxyl groups excluding tert-OH is 1. The molecule has 0 fully saturated rings. The maximum absolute atomic E-state index is 9.67. The minimum atomic E-state index is -0.290. The first-order chi connectivity index (χ1) is 9.04. The average molecular weight is 295 g/mol. The van der Waals surface area contributed by atoms with Gasteiger partial charge in [0.15, 0.2) is 0 Å². The van der Waals surface area contributed by atoms with Gasteiger partial charge in [0.25, 0.3) is 0 Å². The molecule has 1 N–H and O–H groups in total. The van der Waals surface area contributed by atoms with Crippen LogP contribution in [0.2, 0.25) is 0 Å². The Hall–Kier alpha value is -0.680. The normalized spacial score (nSPS) is 13.1. The molecular weight excluding hydrogens is 274 g/mol. The Labute approximate surface area is 123 Å². The first-order valence-corrected chi connectivity index (χ1v) is 8.23. The van der Waals surface area contributed by atoms with Crippen LogP contribution in [-0.4, -0.2) is 22.7 Å².